The molecule has 0 saturated carbocycles. The lowest BCUT2D eigenvalue weighted by Crippen LogP contribution is -2.30. The summed E-state index contributed by atoms with van der Waals surface area (Å²) < 4.78 is 13.9. The molecular weight excluding hydrogens is 315 g/mol. The second-order valence-corrected chi connectivity index (χ2v) is 7.89. The van der Waals surface area contributed by atoms with Crippen LogP contribution in [0.2, 0.25) is 0 Å². The van der Waals surface area contributed by atoms with Crippen molar-refractivity contribution in [3.8, 4) is 6.07 Å². The van der Waals surface area contributed by atoms with E-state index in [2.05, 4.69) is 11.2 Å². The van der Waals surface area contributed by atoms with Crippen LogP contribution in [0.15, 0.2) is 91.0 Å². The van der Waals surface area contributed by atoms with Gasteiger partial charge in [0.2, 0.25) is 7.29 Å². The summed E-state index contributed by atoms with van der Waals surface area (Å²) in [5, 5.41) is 14.1. The first kappa shape index (κ1) is 16.2. The van der Waals surface area contributed by atoms with Gasteiger partial charge in [0.1, 0.15) is 6.04 Å². The van der Waals surface area contributed by atoms with Crippen molar-refractivity contribution in [3.05, 3.63) is 96.6 Å². The summed E-state index contributed by atoms with van der Waals surface area (Å²) in [6.45, 7) is 0. The van der Waals surface area contributed by atoms with Crippen molar-refractivity contribution in [2.45, 2.75) is 6.04 Å². The Bertz CT molecular complexity index is 830. The molecule has 1 atom stereocenters. The highest BCUT2D eigenvalue weighted by molar-refractivity contribution is 7.76. The molecule has 4 heteroatoms. The molecule has 3 nitrogen and oxygen atoms in total. The molecule has 0 fully saturated rings. The molecule has 0 aliphatic rings. The van der Waals surface area contributed by atoms with Crippen LogP contribution in [0.1, 0.15) is 11.6 Å². The van der Waals surface area contributed by atoms with Crippen molar-refractivity contribution in [1.82, 2.24) is 5.09 Å². The Morgan fingerprint density at radius 1 is 0.750 bits per heavy atom. The number of hydrogen-bond donors (Lipinski definition) is 1. The van der Waals surface area contributed by atoms with Crippen LogP contribution in [0.4, 0.5) is 0 Å². The summed E-state index contributed by atoms with van der Waals surface area (Å²) in [6.07, 6.45) is 0. The Balaban J connectivity index is 2.07. The Kier molecular flexibility index (Phi) is 4.91. The van der Waals surface area contributed by atoms with E-state index in [1.807, 2.05) is 91.0 Å². The molecule has 0 radical (unpaired) electrons. The zero-order valence-electron chi connectivity index (χ0n) is 13.0. The van der Waals surface area contributed by atoms with Crippen LogP contribution < -0.4 is 15.7 Å². The highest BCUT2D eigenvalue weighted by Crippen LogP contribution is 2.41. The van der Waals surface area contributed by atoms with Crippen LogP contribution in [-0.4, -0.2) is 0 Å². The van der Waals surface area contributed by atoms with Gasteiger partial charge in [-0.15, -0.1) is 0 Å². The van der Waals surface area contributed by atoms with Gasteiger partial charge in [-0.1, -0.05) is 66.7 Å². The third kappa shape index (κ3) is 3.31. The summed E-state index contributed by atoms with van der Waals surface area (Å²) in [7, 11) is -3.13. The zero-order chi connectivity index (χ0) is 16.8. The maximum atomic E-state index is 13.9. The second-order valence-electron chi connectivity index (χ2n) is 5.38. The second kappa shape index (κ2) is 7.27. The van der Waals surface area contributed by atoms with Crippen molar-refractivity contribution in [2.24, 2.45) is 0 Å². The molecule has 3 aromatic rings. The van der Waals surface area contributed by atoms with E-state index in [0.717, 1.165) is 5.56 Å². The number of benzene rings is 3. The molecule has 0 heterocycles. The number of nitrogens with one attached hydrogen (secondary N) is 1. The third-order valence-electron chi connectivity index (χ3n) is 3.81. The highest BCUT2D eigenvalue weighted by atomic mass is 31.2. The minimum atomic E-state index is -3.13. The van der Waals surface area contributed by atoms with Gasteiger partial charge in [-0.2, -0.15) is 5.26 Å². The van der Waals surface area contributed by atoms with Gasteiger partial charge < -0.3 is 0 Å². The fourth-order valence-electron chi connectivity index (χ4n) is 2.58. The Morgan fingerprint density at radius 3 is 1.58 bits per heavy atom. The predicted octanol–water partition coefficient (Wildman–Crippen LogP) is 3.77. The standard InChI is InChI=1S/C20H17N2OP/c21-16-20(17-10-4-1-5-11-17)22-24(23,18-12-6-2-7-13-18)19-14-8-3-9-15-19/h1-15,20H,(H,22,23)/t20-/m1/s1. The summed E-state index contributed by atoms with van der Waals surface area (Å²) in [6, 6.07) is 29.5. The fourth-order valence-corrected chi connectivity index (χ4v) is 4.93. The molecule has 0 unspecified atom stereocenters. The average molecular weight is 332 g/mol. The molecule has 118 valence electrons. The van der Waals surface area contributed by atoms with E-state index in [0.29, 0.717) is 10.6 Å². The van der Waals surface area contributed by atoms with Crippen molar-refractivity contribution < 1.29 is 4.57 Å². The fraction of sp³-hybridized carbons (Fsp3) is 0.0500. The van der Waals surface area contributed by atoms with Crippen molar-refractivity contribution in [1.29, 1.82) is 5.26 Å². The number of hydrogen-bond acceptors (Lipinski definition) is 2. The van der Waals surface area contributed by atoms with Gasteiger partial charge in [-0.25, -0.2) is 5.09 Å². The molecule has 0 aromatic heterocycles. The molecule has 3 aromatic carbocycles. The topological polar surface area (TPSA) is 52.9 Å². The van der Waals surface area contributed by atoms with E-state index < -0.39 is 13.3 Å². The molecule has 0 bridgehead atoms. The first-order valence-corrected chi connectivity index (χ1v) is 9.38. The third-order valence-corrected chi connectivity index (χ3v) is 6.49. The average Bonchev–Trinajstić information content (AvgIpc) is 2.68. The SMILES string of the molecule is N#C[C@@H](NP(=O)(c1ccccc1)c1ccccc1)c1ccccc1. The largest absolute Gasteiger partial charge is 0.296 e. The molecule has 0 aliphatic carbocycles. The maximum absolute atomic E-state index is 13.9. The normalized spacial score (nSPS) is 12.3. The van der Waals surface area contributed by atoms with Crippen LogP contribution in [0, 0.1) is 11.3 Å². The summed E-state index contributed by atoms with van der Waals surface area (Å²) in [5.74, 6) is 0. The van der Waals surface area contributed by atoms with E-state index in [4.69, 9.17) is 0 Å². The minimum absolute atomic E-state index is 0.655. The Morgan fingerprint density at radius 2 is 1.17 bits per heavy atom. The Hall–Kier alpha value is -2.66. The quantitative estimate of drug-likeness (QED) is 0.724. The molecule has 3 rings (SSSR count). The molecule has 0 saturated heterocycles. The highest BCUT2D eigenvalue weighted by Gasteiger charge is 2.30. The molecule has 24 heavy (non-hydrogen) atoms. The van der Waals surface area contributed by atoms with Gasteiger partial charge in [-0.05, 0) is 29.8 Å². The van der Waals surface area contributed by atoms with Crippen LogP contribution >= 0.6 is 7.29 Å². The van der Waals surface area contributed by atoms with E-state index in [1.54, 1.807) is 0 Å². The van der Waals surface area contributed by atoms with E-state index in [9.17, 15) is 9.83 Å². The number of nitriles is 1. The number of nitrogens with zero attached hydrogens (tertiary/aromatic N) is 1. The van der Waals surface area contributed by atoms with Gasteiger partial charge in [0, 0.05) is 10.6 Å². The van der Waals surface area contributed by atoms with Crippen LogP contribution in [0.3, 0.4) is 0 Å². The predicted molar refractivity (Wildman–Crippen MR) is 97.7 cm³/mol. The summed E-state index contributed by atoms with van der Waals surface area (Å²) in [5.41, 5.74) is 0.798. The van der Waals surface area contributed by atoms with Crippen molar-refractivity contribution in [3.63, 3.8) is 0 Å². The number of rotatable bonds is 5. The van der Waals surface area contributed by atoms with Gasteiger partial charge in [-0.3, -0.25) is 4.57 Å². The van der Waals surface area contributed by atoms with Crippen molar-refractivity contribution in [2.75, 3.05) is 0 Å². The van der Waals surface area contributed by atoms with E-state index in [1.165, 1.54) is 0 Å². The van der Waals surface area contributed by atoms with Gasteiger partial charge in [0.05, 0.1) is 6.07 Å². The molecule has 0 amide bonds. The van der Waals surface area contributed by atoms with E-state index in [-0.39, 0.29) is 0 Å². The van der Waals surface area contributed by atoms with Crippen LogP contribution in [0.25, 0.3) is 0 Å². The van der Waals surface area contributed by atoms with Gasteiger partial charge in [0.25, 0.3) is 0 Å². The Labute approximate surface area is 142 Å². The van der Waals surface area contributed by atoms with Crippen LogP contribution in [-0.2, 0) is 4.57 Å². The lowest BCUT2D eigenvalue weighted by atomic mass is 10.1. The maximum Gasteiger partial charge on any atom is 0.205 e. The molecule has 1 N–H and O–H groups in total. The summed E-state index contributed by atoms with van der Waals surface area (Å²) >= 11 is 0. The first-order chi connectivity index (χ1) is 11.7. The van der Waals surface area contributed by atoms with Gasteiger partial charge in [0.15, 0.2) is 0 Å². The van der Waals surface area contributed by atoms with Gasteiger partial charge >= 0.3 is 0 Å². The van der Waals surface area contributed by atoms with E-state index >= 15 is 0 Å². The first-order valence-electron chi connectivity index (χ1n) is 7.68. The monoisotopic (exact) mass is 332 g/mol. The lowest BCUT2D eigenvalue weighted by Gasteiger charge is -2.23. The molecule has 0 spiro atoms. The molecule has 0 aliphatic heterocycles. The summed E-state index contributed by atoms with van der Waals surface area (Å²) in [4.78, 5) is 0. The lowest BCUT2D eigenvalue weighted by molar-refractivity contribution is 0.574. The smallest absolute Gasteiger partial charge is 0.205 e. The van der Waals surface area contributed by atoms with Crippen LogP contribution in [0.5, 0.6) is 0 Å². The molecular formula is C20H17N2OP. The van der Waals surface area contributed by atoms with Crippen molar-refractivity contribution >= 4 is 17.9 Å². The zero-order valence-corrected chi connectivity index (χ0v) is 13.9. The minimum Gasteiger partial charge on any atom is -0.296 e.